The van der Waals surface area contributed by atoms with Crippen molar-refractivity contribution in [2.75, 3.05) is 14.1 Å². The number of rotatable bonds is 1. The lowest BCUT2D eigenvalue weighted by Crippen LogP contribution is -2.34. The lowest BCUT2D eigenvalue weighted by molar-refractivity contribution is 0.284. The van der Waals surface area contributed by atoms with Crippen LogP contribution in [0.4, 0.5) is 8.78 Å². The Morgan fingerprint density at radius 1 is 1.29 bits per heavy atom. The van der Waals surface area contributed by atoms with Gasteiger partial charge in [-0.25, -0.2) is 8.78 Å². The predicted octanol–water partition coefficient (Wildman–Crippen LogP) is 2.47. The molecule has 1 aromatic heterocycles. The lowest BCUT2D eigenvalue weighted by Gasteiger charge is -2.28. The van der Waals surface area contributed by atoms with Crippen LogP contribution >= 0.6 is 0 Å². The second-order valence-electron chi connectivity index (χ2n) is 4.91. The summed E-state index contributed by atoms with van der Waals surface area (Å²) < 4.78 is 27.3. The summed E-state index contributed by atoms with van der Waals surface area (Å²) in [6.07, 6.45) is 3.31. The Morgan fingerprint density at radius 2 is 2.06 bits per heavy atom. The third kappa shape index (κ3) is 1.47. The van der Waals surface area contributed by atoms with Crippen LogP contribution < -0.4 is 0 Å². The zero-order valence-corrected chi connectivity index (χ0v) is 9.85. The van der Waals surface area contributed by atoms with Gasteiger partial charge in [-0.05, 0) is 32.5 Å². The van der Waals surface area contributed by atoms with Gasteiger partial charge < -0.3 is 9.88 Å². The van der Waals surface area contributed by atoms with Crippen LogP contribution in [0.15, 0.2) is 12.3 Å². The van der Waals surface area contributed by atoms with Crippen molar-refractivity contribution in [3.8, 4) is 0 Å². The summed E-state index contributed by atoms with van der Waals surface area (Å²) in [4.78, 5) is 5.08. The van der Waals surface area contributed by atoms with Gasteiger partial charge >= 0.3 is 0 Å². The molecule has 4 heteroatoms. The number of nitrogens with one attached hydrogen (secondary N) is 1. The summed E-state index contributed by atoms with van der Waals surface area (Å²) in [6.45, 7) is 0. The summed E-state index contributed by atoms with van der Waals surface area (Å²) in [6, 6.07) is 1.48. The molecule has 1 unspecified atom stereocenters. The largest absolute Gasteiger partial charge is 0.361 e. The van der Waals surface area contributed by atoms with Crippen molar-refractivity contribution >= 4 is 10.9 Å². The SMILES string of the molecule is CN(C)C1Cc2c[nH]c3cc(F)c(F)c(c23)C1. The predicted molar refractivity (Wildman–Crippen MR) is 63.1 cm³/mol. The van der Waals surface area contributed by atoms with Gasteiger partial charge in [0.25, 0.3) is 0 Å². The van der Waals surface area contributed by atoms with Gasteiger partial charge in [-0.15, -0.1) is 0 Å². The van der Waals surface area contributed by atoms with Crippen LogP contribution in [0.1, 0.15) is 11.1 Å². The molecule has 0 saturated carbocycles. The maximum Gasteiger partial charge on any atom is 0.162 e. The van der Waals surface area contributed by atoms with Gasteiger partial charge in [-0.3, -0.25) is 0 Å². The van der Waals surface area contributed by atoms with E-state index in [1.54, 1.807) is 0 Å². The van der Waals surface area contributed by atoms with Crippen LogP contribution in [-0.2, 0) is 12.8 Å². The Balaban J connectivity index is 2.25. The number of hydrogen-bond acceptors (Lipinski definition) is 1. The number of hydrogen-bond donors (Lipinski definition) is 1. The first-order valence-corrected chi connectivity index (χ1v) is 5.71. The topological polar surface area (TPSA) is 19.0 Å². The minimum Gasteiger partial charge on any atom is -0.361 e. The standard InChI is InChI=1S/C13H14F2N2/c1-17(2)8-3-7-6-16-11-5-10(14)13(15)9(4-8)12(7)11/h5-6,8,16H,3-4H2,1-2H3. The highest BCUT2D eigenvalue weighted by Gasteiger charge is 2.27. The number of H-pyrrole nitrogens is 1. The fraction of sp³-hybridized carbons (Fsp3) is 0.385. The normalized spacial score (nSPS) is 19.2. The molecule has 1 aliphatic rings. The van der Waals surface area contributed by atoms with E-state index in [1.165, 1.54) is 6.07 Å². The monoisotopic (exact) mass is 236 g/mol. The van der Waals surface area contributed by atoms with Gasteiger partial charge in [0, 0.05) is 34.8 Å². The summed E-state index contributed by atoms with van der Waals surface area (Å²) in [5.41, 5.74) is 2.30. The first-order valence-electron chi connectivity index (χ1n) is 5.71. The fourth-order valence-corrected chi connectivity index (χ4v) is 2.68. The van der Waals surface area contributed by atoms with E-state index in [4.69, 9.17) is 0 Å². The molecular formula is C13H14F2N2. The minimum absolute atomic E-state index is 0.234. The van der Waals surface area contributed by atoms with E-state index < -0.39 is 11.6 Å². The maximum absolute atomic E-state index is 13.9. The highest BCUT2D eigenvalue weighted by molar-refractivity contribution is 5.88. The fourth-order valence-electron chi connectivity index (χ4n) is 2.68. The third-order valence-electron chi connectivity index (χ3n) is 3.67. The van der Waals surface area contributed by atoms with Crippen LogP contribution in [0.2, 0.25) is 0 Å². The Labute approximate surface area is 98.2 Å². The van der Waals surface area contributed by atoms with E-state index in [2.05, 4.69) is 9.88 Å². The van der Waals surface area contributed by atoms with E-state index in [1.807, 2.05) is 20.3 Å². The van der Waals surface area contributed by atoms with Crippen LogP contribution in [0.3, 0.4) is 0 Å². The number of likely N-dealkylation sites (N-methyl/N-ethyl adjacent to an activating group) is 1. The van der Waals surface area contributed by atoms with Gasteiger partial charge in [0.1, 0.15) is 0 Å². The van der Waals surface area contributed by atoms with Crippen molar-refractivity contribution in [2.24, 2.45) is 0 Å². The number of nitrogens with zero attached hydrogens (tertiary/aromatic N) is 1. The van der Waals surface area contributed by atoms with Crippen molar-refractivity contribution in [3.05, 3.63) is 35.0 Å². The molecule has 1 N–H and O–H groups in total. The summed E-state index contributed by atoms with van der Waals surface area (Å²) >= 11 is 0. The molecule has 2 aromatic rings. The molecule has 1 aliphatic carbocycles. The molecule has 0 fully saturated rings. The zero-order chi connectivity index (χ0) is 12.2. The second kappa shape index (κ2) is 3.53. The van der Waals surface area contributed by atoms with E-state index in [-0.39, 0.29) is 6.04 Å². The average molecular weight is 236 g/mol. The molecule has 2 nitrogen and oxygen atoms in total. The Hall–Kier alpha value is -1.42. The quantitative estimate of drug-likeness (QED) is 0.806. The molecule has 0 bridgehead atoms. The number of halogens is 2. The minimum atomic E-state index is -0.764. The summed E-state index contributed by atoms with van der Waals surface area (Å²) in [5, 5.41) is 0.877. The first-order chi connectivity index (χ1) is 8.08. The van der Waals surface area contributed by atoms with E-state index in [0.29, 0.717) is 17.5 Å². The van der Waals surface area contributed by atoms with E-state index in [0.717, 1.165) is 17.4 Å². The van der Waals surface area contributed by atoms with Crippen molar-refractivity contribution in [1.29, 1.82) is 0 Å². The average Bonchev–Trinajstić information content (AvgIpc) is 2.69. The highest BCUT2D eigenvalue weighted by atomic mass is 19.2. The molecule has 90 valence electrons. The molecule has 0 saturated heterocycles. The Bertz CT molecular complexity index is 587. The van der Waals surface area contributed by atoms with Crippen molar-refractivity contribution in [3.63, 3.8) is 0 Å². The number of aromatic nitrogens is 1. The third-order valence-corrected chi connectivity index (χ3v) is 3.67. The van der Waals surface area contributed by atoms with E-state index in [9.17, 15) is 8.78 Å². The molecule has 1 heterocycles. The van der Waals surface area contributed by atoms with Crippen molar-refractivity contribution in [2.45, 2.75) is 18.9 Å². The molecule has 1 atom stereocenters. The molecule has 0 amide bonds. The van der Waals surface area contributed by atoms with Crippen LogP contribution in [-0.4, -0.2) is 30.0 Å². The van der Waals surface area contributed by atoms with Gasteiger partial charge in [-0.2, -0.15) is 0 Å². The number of aromatic amines is 1. The zero-order valence-electron chi connectivity index (χ0n) is 9.85. The van der Waals surface area contributed by atoms with Gasteiger partial charge in [0.2, 0.25) is 0 Å². The second-order valence-corrected chi connectivity index (χ2v) is 4.91. The Morgan fingerprint density at radius 3 is 2.76 bits per heavy atom. The van der Waals surface area contributed by atoms with Gasteiger partial charge in [0.05, 0.1) is 0 Å². The van der Waals surface area contributed by atoms with Gasteiger partial charge in [0.15, 0.2) is 11.6 Å². The molecule has 0 aliphatic heterocycles. The molecule has 0 radical (unpaired) electrons. The first kappa shape index (κ1) is 10.7. The summed E-state index contributed by atoms with van der Waals surface area (Å²) in [7, 11) is 3.94. The number of benzene rings is 1. The molecule has 1 aromatic carbocycles. The molecule has 17 heavy (non-hydrogen) atoms. The summed E-state index contributed by atoms with van der Waals surface area (Å²) in [5.74, 6) is -1.45. The van der Waals surface area contributed by atoms with Gasteiger partial charge in [-0.1, -0.05) is 0 Å². The highest BCUT2D eigenvalue weighted by Crippen LogP contribution is 2.33. The van der Waals surface area contributed by atoms with Crippen molar-refractivity contribution < 1.29 is 8.78 Å². The van der Waals surface area contributed by atoms with Crippen LogP contribution in [0, 0.1) is 11.6 Å². The smallest absolute Gasteiger partial charge is 0.162 e. The Kier molecular flexibility index (Phi) is 2.23. The maximum atomic E-state index is 13.9. The molecule has 3 rings (SSSR count). The molecular weight excluding hydrogens is 222 g/mol. The van der Waals surface area contributed by atoms with Crippen LogP contribution in [0.5, 0.6) is 0 Å². The van der Waals surface area contributed by atoms with Crippen molar-refractivity contribution in [1.82, 2.24) is 9.88 Å². The van der Waals surface area contributed by atoms with E-state index >= 15 is 0 Å². The lowest BCUT2D eigenvalue weighted by atomic mass is 9.88. The van der Waals surface area contributed by atoms with Crippen LogP contribution in [0.25, 0.3) is 10.9 Å². The molecule has 0 spiro atoms.